The third kappa shape index (κ3) is 1.92. The molecule has 0 unspecified atom stereocenters. The normalized spacial score (nSPS) is 11.0. The van der Waals surface area contributed by atoms with Crippen LogP contribution in [-0.4, -0.2) is 19.1 Å². The molecule has 0 saturated carbocycles. The van der Waals surface area contributed by atoms with E-state index in [-0.39, 0.29) is 0 Å². The van der Waals surface area contributed by atoms with Crippen LogP contribution >= 0.6 is 0 Å². The lowest BCUT2D eigenvalue weighted by atomic mass is 10.3. The van der Waals surface area contributed by atoms with Gasteiger partial charge in [-0.3, -0.25) is 0 Å². The third-order valence-electron chi connectivity index (χ3n) is 2.97. The van der Waals surface area contributed by atoms with Gasteiger partial charge >= 0.3 is 0 Å². The molecule has 0 saturated heterocycles. The number of nitrogen functional groups attached to an aromatic ring is 1. The van der Waals surface area contributed by atoms with Crippen LogP contribution in [0.4, 0.5) is 5.82 Å². The lowest BCUT2D eigenvalue weighted by Crippen LogP contribution is -2.02. The fourth-order valence-electron chi connectivity index (χ4n) is 2.00. The molecule has 2 aromatic rings. The topological polar surface area (TPSA) is 61.7 Å². The summed E-state index contributed by atoms with van der Waals surface area (Å²) in [4.78, 5) is 8.77. The van der Waals surface area contributed by atoms with Gasteiger partial charge in [-0.05, 0) is 6.42 Å². The first-order chi connectivity index (χ1) is 8.19. The molecule has 0 amide bonds. The zero-order chi connectivity index (χ0) is 12.4. The van der Waals surface area contributed by atoms with Crippen molar-refractivity contribution in [1.82, 2.24) is 19.1 Å². The van der Waals surface area contributed by atoms with Gasteiger partial charge in [-0.2, -0.15) is 0 Å². The van der Waals surface area contributed by atoms with Crippen LogP contribution in [0, 0.1) is 0 Å². The fraction of sp³-hybridized carbons (Fsp3) is 0.500. The van der Waals surface area contributed by atoms with Gasteiger partial charge in [0.25, 0.3) is 0 Å². The molecule has 92 valence electrons. The van der Waals surface area contributed by atoms with Crippen LogP contribution in [0.1, 0.15) is 26.1 Å². The lowest BCUT2D eigenvalue weighted by Gasteiger charge is -2.05. The minimum atomic E-state index is 0.708. The minimum absolute atomic E-state index is 0.708. The molecule has 0 aromatic carbocycles. The molecule has 0 aliphatic rings. The van der Waals surface area contributed by atoms with E-state index in [1.165, 1.54) is 0 Å². The van der Waals surface area contributed by atoms with E-state index in [2.05, 4.69) is 28.4 Å². The molecular weight excluding hydrogens is 214 g/mol. The predicted octanol–water partition coefficient (Wildman–Crippen LogP) is 1.84. The number of anilines is 1. The van der Waals surface area contributed by atoms with Crippen LogP contribution in [0.15, 0.2) is 12.5 Å². The Morgan fingerprint density at radius 1 is 1.35 bits per heavy atom. The maximum absolute atomic E-state index is 6.09. The van der Waals surface area contributed by atoms with Crippen LogP contribution in [0.2, 0.25) is 0 Å². The zero-order valence-electron chi connectivity index (χ0n) is 10.6. The van der Waals surface area contributed by atoms with E-state index in [9.17, 15) is 0 Å². The summed E-state index contributed by atoms with van der Waals surface area (Å²) < 4.78 is 4.04. The summed E-state index contributed by atoms with van der Waals surface area (Å²) >= 11 is 0. The summed E-state index contributed by atoms with van der Waals surface area (Å²) in [6.45, 7) is 5.16. The summed E-state index contributed by atoms with van der Waals surface area (Å²) in [7, 11) is 1.95. The van der Waals surface area contributed by atoms with Crippen molar-refractivity contribution < 1.29 is 0 Å². The van der Waals surface area contributed by atoms with Crippen molar-refractivity contribution in [2.75, 3.05) is 5.73 Å². The number of hydrogen-bond acceptors (Lipinski definition) is 3. The molecule has 0 aliphatic heterocycles. The van der Waals surface area contributed by atoms with Gasteiger partial charge in [-0.1, -0.05) is 13.8 Å². The number of hydrogen-bond donors (Lipinski definition) is 1. The summed E-state index contributed by atoms with van der Waals surface area (Å²) in [5, 5.41) is 0. The molecule has 0 atom stereocenters. The van der Waals surface area contributed by atoms with Gasteiger partial charge in [0.05, 0.1) is 18.2 Å². The molecule has 0 spiro atoms. The summed E-state index contributed by atoms with van der Waals surface area (Å²) in [6, 6.07) is 0. The molecule has 5 nitrogen and oxygen atoms in total. The first kappa shape index (κ1) is 11.7. The fourth-order valence-corrected chi connectivity index (χ4v) is 2.00. The average molecular weight is 233 g/mol. The Morgan fingerprint density at radius 3 is 2.71 bits per heavy atom. The molecule has 0 bridgehead atoms. The summed E-state index contributed by atoms with van der Waals surface area (Å²) in [5.74, 6) is 1.71. The summed E-state index contributed by atoms with van der Waals surface area (Å²) in [6.07, 6.45) is 5.60. The molecular formula is C12H19N5. The van der Waals surface area contributed by atoms with E-state index in [0.29, 0.717) is 5.82 Å². The van der Waals surface area contributed by atoms with Gasteiger partial charge in [0.2, 0.25) is 0 Å². The van der Waals surface area contributed by atoms with Gasteiger partial charge in [0.1, 0.15) is 17.3 Å². The van der Waals surface area contributed by atoms with Crippen LogP contribution in [0.3, 0.4) is 0 Å². The van der Waals surface area contributed by atoms with E-state index in [1.807, 2.05) is 24.1 Å². The van der Waals surface area contributed by atoms with Gasteiger partial charge in [0.15, 0.2) is 0 Å². The van der Waals surface area contributed by atoms with E-state index in [0.717, 1.165) is 36.6 Å². The molecule has 0 fully saturated rings. The number of rotatable bonds is 4. The second kappa shape index (κ2) is 4.61. The first-order valence-electron chi connectivity index (χ1n) is 6.00. The molecule has 0 aliphatic carbocycles. The SMILES string of the molecule is CCCn1cncc1-c1nc(CC)n(C)c1N. The van der Waals surface area contributed by atoms with Gasteiger partial charge in [-0.15, -0.1) is 0 Å². The van der Waals surface area contributed by atoms with E-state index < -0.39 is 0 Å². The van der Waals surface area contributed by atoms with Gasteiger partial charge in [0, 0.05) is 20.0 Å². The van der Waals surface area contributed by atoms with E-state index in [4.69, 9.17) is 5.73 Å². The molecule has 17 heavy (non-hydrogen) atoms. The van der Waals surface area contributed by atoms with Crippen molar-refractivity contribution in [2.24, 2.45) is 7.05 Å². The number of aryl methyl sites for hydroxylation is 2. The minimum Gasteiger partial charge on any atom is -0.383 e. The zero-order valence-corrected chi connectivity index (χ0v) is 10.6. The monoisotopic (exact) mass is 233 g/mol. The van der Waals surface area contributed by atoms with Crippen molar-refractivity contribution >= 4 is 5.82 Å². The Balaban J connectivity index is 2.49. The smallest absolute Gasteiger partial charge is 0.133 e. The van der Waals surface area contributed by atoms with Gasteiger partial charge < -0.3 is 14.9 Å². The second-order valence-corrected chi connectivity index (χ2v) is 4.15. The Hall–Kier alpha value is -1.78. The van der Waals surface area contributed by atoms with Crippen molar-refractivity contribution in [3.05, 3.63) is 18.3 Å². The van der Waals surface area contributed by atoms with Crippen LogP contribution in [-0.2, 0) is 20.0 Å². The quantitative estimate of drug-likeness (QED) is 0.876. The highest BCUT2D eigenvalue weighted by Crippen LogP contribution is 2.25. The molecule has 2 rings (SSSR count). The van der Waals surface area contributed by atoms with Crippen LogP contribution in [0.5, 0.6) is 0 Å². The predicted molar refractivity (Wildman–Crippen MR) is 68.5 cm³/mol. The van der Waals surface area contributed by atoms with E-state index >= 15 is 0 Å². The first-order valence-corrected chi connectivity index (χ1v) is 6.00. The maximum atomic E-state index is 6.09. The molecule has 2 N–H and O–H groups in total. The number of aromatic nitrogens is 4. The number of nitrogens with two attached hydrogens (primary N) is 1. The van der Waals surface area contributed by atoms with Crippen molar-refractivity contribution in [3.63, 3.8) is 0 Å². The van der Waals surface area contributed by atoms with Crippen LogP contribution in [0.25, 0.3) is 11.4 Å². The van der Waals surface area contributed by atoms with Crippen molar-refractivity contribution in [2.45, 2.75) is 33.2 Å². The van der Waals surface area contributed by atoms with Crippen LogP contribution < -0.4 is 5.73 Å². The molecule has 2 heterocycles. The molecule has 2 aromatic heterocycles. The Labute approximate surface area is 101 Å². The number of imidazole rings is 2. The maximum Gasteiger partial charge on any atom is 0.133 e. The average Bonchev–Trinajstić information content (AvgIpc) is 2.87. The van der Waals surface area contributed by atoms with Crippen molar-refractivity contribution in [3.8, 4) is 11.4 Å². The highest BCUT2D eigenvalue weighted by Gasteiger charge is 2.15. The Bertz CT molecular complexity index is 509. The Kier molecular flexibility index (Phi) is 3.17. The lowest BCUT2D eigenvalue weighted by molar-refractivity contribution is 0.683. The molecule has 5 heteroatoms. The van der Waals surface area contributed by atoms with Gasteiger partial charge in [-0.25, -0.2) is 9.97 Å². The summed E-state index contributed by atoms with van der Waals surface area (Å²) in [5.41, 5.74) is 7.94. The van der Waals surface area contributed by atoms with E-state index in [1.54, 1.807) is 0 Å². The second-order valence-electron chi connectivity index (χ2n) is 4.15. The standard InChI is InChI=1S/C12H19N5/c1-4-6-17-8-14-7-9(17)11-12(13)16(3)10(5-2)15-11/h7-8H,4-6,13H2,1-3H3. The Morgan fingerprint density at radius 2 is 2.12 bits per heavy atom. The number of nitrogens with zero attached hydrogens (tertiary/aromatic N) is 4. The largest absolute Gasteiger partial charge is 0.383 e. The van der Waals surface area contributed by atoms with Crippen molar-refractivity contribution in [1.29, 1.82) is 0 Å². The highest BCUT2D eigenvalue weighted by atomic mass is 15.1. The highest BCUT2D eigenvalue weighted by molar-refractivity contribution is 5.67. The molecule has 0 radical (unpaired) electrons. The third-order valence-corrected chi connectivity index (χ3v) is 2.97.